The van der Waals surface area contributed by atoms with Gasteiger partial charge in [0.1, 0.15) is 11.5 Å². The Hall–Kier alpha value is -3.36. The summed E-state index contributed by atoms with van der Waals surface area (Å²) in [4.78, 5) is 0.236. The van der Waals surface area contributed by atoms with Crippen molar-refractivity contribution in [3.63, 3.8) is 0 Å². The van der Waals surface area contributed by atoms with Crippen LogP contribution >= 0.6 is 0 Å². The molecule has 0 spiro atoms. The highest BCUT2D eigenvalue weighted by molar-refractivity contribution is 7.89. The van der Waals surface area contributed by atoms with Crippen LogP contribution in [-0.2, 0) is 10.0 Å². The van der Waals surface area contributed by atoms with Gasteiger partial charge in [-0.15, -0.1) is 5.10 Å². The number of aromatic nitrogens is 3. The molecular formula is C23H19FN4O2S. The van der Waals surface area contributed by atoms with E-state index in [2.05, 4.69) is 10.3 Å². The zero-order chi connectivity index (χ0) is 21.4. The average Bonchev–Trinajstić information content (AvgIpc) is 3.23. The summed E-state index contributed by atoms with van der Waals surface area (Å²) in [6.45, 7) is 0.694. The van der Waals surface area contributed by atoms with Crippen LogP contribution in [0.5, 0.6) is 0 Å². The van der Waals surface area contributed by atoms with E-state index < -0.39 is 10.0 Å². The van der Waals surface area contributed by atoms with E-state index in [0.29, 0.717) is 13.1 Å². The van der Waals surface area contributed by atoms with E-state index in [-0.39, 0.29) is 16.8 Å². The predicted molar refractivity (Wildman–Crippen MR) is 115 cm³/mol. The average molecular weight is 434 g/mol. The Kier molecular flexibility index (Phi) is 4.88. The highest BCUT2D eigenvalue weighted by Gasteiger charge is 2.38. The molecule has 8 heteroatoms. The zero-order valence-electron chi connectivity index (χ0n) is 16.5. The maximum Gasteiger partial charge on any atom is 0.243 e. The van der Waals surface area contributed by atoms with Crippen LogP contribution in [0.2, 0.25) is 0 Å². The van der Waals surface area contributed by atoms with Crippen molar-refractivity contribution in [1.29, 1.82) is 0 Å². The Labute approximate surface area is 179 Å². The fourth-order valence-electron chi connectivity index (χ4n) is 3.59. The third-order valence-corrected chi connectivity index (χ3v) is 7.30. The van der Waals surface area contributed by atoms with Gasteiger partial charge in [-0.05, 0) is 35.4 Å². The minimum atomic E-state index is -3.58. The van der Waals surface area contributed by atoms with Gasteiger partial charge in [0.25, 0.3) is 0 Å². The van der Waals surface area contributed by atoms with Crippen LogP contribution in [0.1, 0.15) is 6.04 Å². The van der Waals surface area contributed by atoms with Crippen LogP contribution in [0.15, 0.2) is 90.0 Å². The second kappa shape index (κ2) is 7.72. The molecule has 0 amide bonds. The lowest BCUT2D eigenvalue weighted by atomic mass is 10.1. The topological polar surface area (TPSA) is 68.1 Å². The third kappa shape index (κ3) is 3.75. The van der Waals surface area contributed by atoms with Crippen LogP contribution in [-0.4, -0.2) is 40.8 Å². The van der Waals surface area contributed by atoms with Gasteiger partial charge in [0.15, 0.2) is 0 Å². The van der Waals surface area contributed by atoms with E-state index in [1.807, 2.05) is 36.5 Å². The Balaban J connectivity index is 1.27. The smallest absolute Gasteiger partial charge is 0.243 e. The molecule has 1 aliphatic heterocycles. The second-order valence-electron chi connectivity index (χ2n) is 7.46. The first kappa shape index (κ1) is 19.6. The summed E-state index contributed by atoms with van der Waals surface area (Å²) in [7, 11) is -3.58. The summed E-state index contributed by atoms with van der Waals surface area (Å²) in [5.41, 5.74) is 3.39. The maximum absolute atomic E-state index is 13.1. The molecule has 6 nitrogen and oxygen atoms in total. The van der Waals surface area contributed by atoms with Crippen LogP contribution in [0.25, 0.3) is 22.4 Å². The van der Waals surface area contributed by atoms with Crippen molar-refractivity contribution in [3.05, 3.63) is 90.9 Å². The lowest BCUT2D eigenvalue weighted by molar-refractivity contribution is 0.189. The normalized spacial score (nSPS) is 15.0. The number of sulfonamides is 1. The number of halogens is 1. The van der Waals surface area contributed by atoms with Crippen LogP contribution < -0.4 is 0 Å². The van der Waals surface area contributed by atoms with E-state index in [1.54, 1.807) is 41.1 Å². The van der Waals surface area contributed by atoms with Crippen LogP contribution in [0.4, 0.5) is 4.39 Å². The molecule has 0 saturated carbocycles. The SMILES string of the molecule is O=S(=O)(c1ccc(-c2ccc(F)cc2)cc1)N1CC(n2cc(-c3ccccc3)nn2)C1. The molecule has 5 rings (SSSR count). The van der Waals surface area contributed by atoms with Gasteiger partial charge in [-0.2, -0.15) is 4.31 Å². The van der Waals surface area contributed by atoms with Gasteiger partial charge in [0.2, 0.25) is 10.0 Å². The van der Waals surface area contributed by atoms with Crippen molar-refractivity contribution in [3.8, 4) is 22.4 Å². The van der Waals surface area contributed by atoms with Crippen molar-refractivity contribution in [2.45, 2.75) is 10.9 Å². The summed E-state index contributed by atoms with van der Waals surface area (Å²) in [6.07, 6.45) is 1.85. The number of rotatable bonds is 5. The minimum Gasteiger partial charge on any atom is -0.246 e. The van der Waals surface area contributed by atoms with Gasteiger partial charge >= 0.3 is 0 Å². The van der Waals surface area contributed by atoms with E-state index in [4.69, 9.17) is 0 Å². The molecule has 1 aliphatic rings. The summed E-state index contributed by atoms with van der Waals surface area (Å²) in [5.74, 6) is -0.307. The molecular weight excluding hydrogens is 415 g/mol. The van der Waals surface area contributed by atoms with E-state index in [0.717, 1.165) is 22.4 Å². The Morgan fingerprint density at radius 1 is 0.806 bits per heavy atom. The summed E-state index contributed by atoms with van der Waals surface area (Å²) >= 11 is 0. The van der Waals surface area contributed by atoms with Crippen LogP contribution in [0.3, 0.4) is 0 Å². The Bertz CT molecular complexity index is 1300. The third-order valence-electron chi connectivity index (χ3n) is 5.45. The van der Waals surface area contributed by atoms with Crippen molar-refractivity contribution in [1.82, 2.24) is 19.3 Å². The minimum absolute atomic E-state index is 0.0433. The summed E-state index contributed by atoms with van der Waals surface area (Å²) in [5, 5.41) is 8.37. The first-order valence-corrected chi connectivity index (χ1v) is 11.3. The molecule has 0 radical (unpaired) electrons. The number of benzene rings is 3. The molecule has 31 heavy (non-hydrogen) atoms. The first-order chi connectivity index (χ1) is 15.0. The van der Waals surface area contributed by atoms with Crippen molar-refractivity contribution in [2.75, 3.05) is 13.1 Å². The molecule has 0 aliphatic carbocycles. The predicted octanol–water partition coefficient (Wildman–Crippen LogP) is 4.00. The molecule has 0 unspecified atom stereocenters. The molecule has 1 aromatic heterocycles. The first-order valence-electron chi connectivity index (χ1n) is 9.84. The van der Waals surface area contributed by atoms with Gasteiger partial charge < -0.3 is 0 Å². The molecule has 156 valence electrons. The standard InChI is InChI=1S/C23H19FN4O2S/c24-20-10-6-17(7-11-20)18-8-12-22(13-9-18)31(29,30)27-14-21(15-27)28-16-23(25-26-28)19-4-2-1-3-5-19/h1-13,16,21H,14-15H2. The van der Waals surface area contributed by atoms with Gasteiger partial charge in [-0.1, -0.05) is 59.8 Å². The van der Waals surface area contributed by atoms with Crippen molar-refractivity contribution in [2.24, 2.45) is 0 Å². The van der Waals surface area contributed by atoms with Crippen LogP contribution in [0, 0.1) is 5.82 Å². The molecule has 0 bridgehead atoms. The van der Waals surface area contributed by atoms with Gasteiger partial charge in [0.05, 0.1) is 17.1 Å². The molecule has 3 aromatic carbocycles. The Morgan fingerprint density at radius 2 is 1.42 bits per heavy atom. The van der Waals surface area contributed by atoms with Gasteiger partial charge in [0, 0.05) is 18.7 Å². The number of hydrogen-bond donors (Lipinski definition) is 0. The van der Waals surface area contributed by atoms with Gasteiger partial charge in [-0.25, -0.2) is 17.5 Å². The maximum atomic E-state index is 13.1. The fraction of sp³-hybridized carbons (Fsp3) is 0.130. The highest BCUT2D eigenvalue weighted by atomic mass is 32.2. The fourth-order valence-corrected chi connectivity index (χ4v) is 5.10. The second-order valence-corrected chi connectivity index (χ2v) is 9.39. The van der Waals surface area contributed by atoms with Crippen molar-refractivity contribution >= 4 is 10.0 Å². The molecule has 4 aromatic rings. The lowest BCUT2D eigenvalue weighted by Crippen LogP contribution is -2.50. The van der Waals surface area contributed by atoms with E-state index in [1.165, 1.54) is 16.4 Å². The summed E-state index contributed by atoms with van der Waals surface area (Å²) < 4.78 is 42.2. The van der Waals surface area contributed by atoms with E-state index >= 15 is 0 Å². The molecule has 1 saturated heterocycles. The molecule has 0 atom stereocenters. The zero-order valence-corrected chi connectivity index (χ0v) is 17.3. The molecule has 2 heterocycles. The van der Waals surface area contributed by atoms with E-state index in [9.17, 15) is 12.8 Å². The quantitative estimate of drug-likeness (QED) is 0.476. The lowest BCUT2D eigenvalue weighted by Gasteiger charge is -2.37. The monoisotopic (exact) mass is 434 g/mol. The highest BCUT2D eigenvalue weighted by Crippen LogP contribution is 2.30. The number of hydrogen-bond acceptors (Lipinski definition) is 4. The largest absolute Gasteiger partial charge is 0.246 e. The number of nitrogens with zero attached hydrogens (tertiary/aromatic N) is 4. The molecule has 0 N–H and O–H groups in total. The molecule has 1 fully saturated rings. The van der Waals surface area contributed by atoms with Crippen molar-refractivity contribution < 1.29 is 12.8 Å². The Morgan fingerprint density at radius 3 is 2.06 bits per heavy atom. The summed E-state index contributed by atoms with van der Waals surface area (Å²) in [6, 6.07) is 22.4. The van der Waals surface area contributed by atoms with Gasteiger partial charge in [-0.3, -0.25) is 0 Å².